The molecule has 60 valence electrons. The lowest BCUT2D eigenvalue weighted by molar-refractivity contribution is -0.170. The SMILES string of the molecule is COC(=O)[C@@](C)(O)[C@H](C)O. The van der Waals surface area contributed by atoms with E-state index in [-0.39, 0.29) is 0 Å². The van der Waals surface area contributed by atoms with Crippen LogP contribution in [0.1, 0.15) is 13.8 Å². The molecule has 0 saturated carbocycles. The lowest BCUT2D eigenvalue weighted by atomic mass is 10.0. The average Bonchev–Trinajstić information content (AvgIpc) is 1.86. The molecule has 0 fully saturated rings. The summed E-state index contributed by atoms with van der Waals surface area (Å²) in [5.41, 5.74) is -1.80. The van der Waals surface area contributed by atoms with Crippen LogP contribution >= 0.6 is 0 Å². The van der Waals surface area contributed by atoms with Crippen molar-refractivity contribution < 1.29 is 19.7 Å². The van der Waals surface area contributed by atoms with Crippen LogP contribution in [0.5, 0.6) is 0 Å². The highest BCUT2D eigenvalue weighted by atomic mass is 16.5. The highest BCUT2D eigenvalue weighted by molar-refractivity contribution is 5.79. The molecule has 0 heterocycles. The van der Waals surface area contributed by atoms with E-state index in [2.05, 4.69) is 4.74 Å². The Balaban J connectivity index is 4.24. The number of hydrogen-bond donors (Lipinski definition) is 2. The van der Waals surface area contributed by atoms with Gasteiger partial charge in [0.25, 0.3) is 0 Å². The van der Waals surface area contributed by atoms with Crippen molar-refractivity contribution in [2.75, 3.05) is 7.11 Å². The normalized spacial score (nSPS) is 19.3. The zero-order valence-corrected chi connectivity index (χ0v) is 6.29. The predicted molar refractivity (Wildman–Crippen MR) is 34.3 cm³/mol. The lowest BCUT2D eigenvalue weighted by Gasteiger charge is -2.22. The summed E-state index contributed by atoms with van der Waals surface area (Å²) in [7, 11) is 1.15. The van der Waals surface area contributed by atoms with Crippen LogP contribution in [0.2, 0.25) is 0 Å². The van der Waals surface area contributed by atoms with Gasteiger partial charge in [-0.15, -0.1) is 0 Å². The molecule has 4 heteroatoms. The predicted octanol–water partition coefficient (Wildman–Crippen LogP) is -0.709. The van der Waals surface area contributed by atoms with Crippen molar-refractivity contribution >= 4 is 5.97 Å². The minimum Gasteiger partial charge on any atom is -0.467 e. The summed E-state index contributed by atoms with van der Waals surface area (Å²) < 4.78 is 4.23. The number of rotatable bonds is 2. The van der Waals surface area contributed by atoms with Crippen molar-refractivity contribution in [3.63, 3.8) is 0 Å². The van der Waals surface area contributed by atoms with Crippen LogP contribution < -0.4 is 0 Å². The largest absolute Gasteiger partial charge is 0.467 e. The summed E-state index contributed by atoms with van der Waals surface area (Å²) >= 11 is 0. The summed E-state index contributed by atoms with van der Waals surface area (Å²) in [6.07, 6.45) is -1.13. The molecule has 0 bridgehead atoms. The van der Waals surface area contributed by atoms with Crippen molar-refractivity contribution in [3.8, 4) is 0 Å². The van der Waals surface area contributed by atoms with Crippen molar-refractivity contribution in [1.82, 2.24) is 0 Å². The van der Waals surface area contributed by atoms with Gasteiger partial charge < -0.3 is 14.9 Å². The standard InChI is InChI=1S/C6H12O4/c1-4(7)6(2,9)5(8)10-3/h4,7,9H,1-3H3/t4-,6-/m0/s1. The van der Waals surface area contributed by atoms with E-state index in [1.165, 1.54) is 13.8 Å². The van der Waals surface area contributed by atoms with Gasteiger partial charge in [0.1, 0.15) is 0 Å². The summed E-state index contributed by atoms with van der Waals surface area (Å²) in [5, 5.41) is 18.0. The van der Waals surface area contributed by atoms with Crippen molar-refractivity contribution in [2.24, 2.45) is 0 Å². The molecule has 2 N–H and O–H groups in total. The van der Waals surface area contributed by atoms with Gasteiger partial charge in [-0.3, -0.25) is 0 Å². The molecular weight excluding hydrogens is 136 g/mol. The topological polar surface area (TPSA) is 66.8 Å². The Morgan fingerprint density at radius 2 is 2.10 bits per heavy atom. The number of aliphatic hydroxyl groups excluding tert-OH is 1. The molecule has 0 saturated heterocycles. The van der Waals surface area contributed by atoms with Gasteiger partial charge in [-0.05, 0) is 13.8 Å². The Kier molecular flexibility index (Phi) is 2.80. The number of methoxy groups -OCH3 is 1. The van der Waals surface area contributed by atoms with E-state index in [0.717, 1.165) is 7.11 Å². The Labute approximate surface area is 59.4 Å². The second kappa shape index (κ2) is 2.98. The number of hydrogen-bond acceptors (Lipinski definition) is 4. The van der Waals surface area contributed by atoms with Gasteiger partial charge in [0, 0.05) is 0 Å². The zero-order valence-electron chi connectivity index (χ0n) is 6.29. The third-order valence-electron chi connectivity index (χ3n) is 1.41. The van der Waals surface area contributed by atoms with E-state index in [0.29, 0.717) is 0 Å². The molecular formula is C6H12O4. The van der Waals surface area contributed by atoms with Crippen LogP contribution in [0.25, 0.3) is 0 Å². The van der Waals surface area contributed by atoms with E-state index in [4.69, 9.17) is 10.2 Å². The molecule has 0 aromatic rings. The number of carbonyl (C=O) groups is 1. The molecule has 0 aliphatic heterocycles. The summed E-state index contributed by atoms with van der Waals surface area (Å²) in [4.78, 5) is 10.6. The minimum atomic E-state index is -1.80. The van der Waals surface area contributed by atoms with Gasteiger partial charge in [0.15, 0.2) is 5.60 Å². The molecule has 0 radical (unpaired) electrons. The molecule has 0 amide bonds. The van der Waals surface area contributed by atoms with E-state index in [1.54, 1.807) is 0 Å². The quantitative estimate of drug-likeness (QED) is 0.508. The van der Waals surface area contributed by atoms with Crippen LogP contribution in [0.4, 0.5) is 0 Å². The minimum absolute atomic E-state index is 0.831. The van der Waals surface area contributed by atoms with Crippen LogP contribution in [-0.4, -0.2) is 35.0 Å². The first-order valence-electron chi connectivity index (χ1n) is 2.91. The maximum atomic E-state index is 10.6. The van der Waals surface area contributed by atoms with Gasteiger partial charge in [-0.2, -0.15) is 0 Å². The summed E-state index contributed by atoms with van der Waals surface area (Å²) in [5.74, 6) is -0.831. The first-order chi connectivity index (χ1) is 4.42. The van der Waals surface area contributed by atoms with Gasteiger partial charge in [0.05, 0.1) is 13.2 Å². The van der Waals surface area contributed by atoms with Crippen LogP contribution in [-0.2, 0) is 9.53 Å². The molecule has 2 atom stereocenters. The molecule has 10 heavy (non-hydrogen) atoms. The van der Waals surface area contributed by atoms with Crippen LogP contribution in [0.15, 0.2) is 0 Å². The number of esters is 1. The summed E-state index contributed by atoms with van der Waals surface area (Å²) in [6, 6.07) is 0. The monoisotopic (exact) mass is 148 g/mol. The highest BCUT2D eigenvalue weighted by Crippen LogP contribution is 2.10. The van der Waals surface area contributed by atoms with Crippen LogP contribution in [0.3, 0.4) is 0 Å². The summed E-state index contributed by atoms with van der Waals surface area (Å²) in [6.45, 7) is 2.51. The third kappa shape index (κ3) is 1.68. The average molecular weight is 148 g/mol. The van der Waals surface area contributed by atoms with Gasteiger partial charge in [-0.25, -0.2) is 4.79 Å². The van der Waals surface area contributed by atoms with E-state index < -0.39 is 17.7 Å². The maximum Gasteiger partial charge on any atom is 0.340 e. The molecule has 0 aromatic carbocycles. The van der Waals surface area contributed by atoms with Crippen molar-refractivity contribution in [1.29, 1.82) is 0 Å². The first kappa shape index (κ1) is 9.39. The third-order valence-corrected chi connectivity index (χ3v) is 1.41. The number of ether oxygens (including phenoxy) is 1. The maximum absolute atomic E-state index is 10.6. The first-order valence-corrected chi connectivity index (χ1v) is 2.91. The molecule has 0 aliphatic rings. The fraction of sp³-hybridized carbons (Fsp3) is 0.833. The highest BCUT2D eigenvalue weighted by Gasteiger charge is 2.36. The van der Waals surface area contributed by atoms with E-state index in [9.17, 15) is 4.79 Å². The van der Waals surface area contributed by atoms with Gasteiger partial charge in [0.2, 0.25) is 0 Å². The Morgan fingerprint density at radius 1 is 1.70 bits per heavy atom. The van der Waals surface area contributed by atoms with E-state index in [1.807, 2.05) is 0 Å². The Bertz CT molecular complexity index is 128. The smallest absolute Gasteiger partial charge is 0.340 e. The molecule has 0 rings (SSSR count). The van der Waals surface area contributed by atoms with Gasteiger partial charge >= 0.3 is 5.97 Å². The fourth-order valence-electron chi connectivity index (χ4n) is 0.377. The second-order valence-corrected chi connectivity index (χ2v) is 2.32. The van der Waals surface area contributed by atoms with Crippen molar-refractivity contribution in [3.05, 3.63) is 0 Å². The van der Waals surface area contributed by atoms with E-state index >= 15 is 0 Å². The molecule has 0 aromatic heterocycles. The number of carbonyl (C=O) groups excluding carboxylic acids is 1. The lowest BCUT2D eigenvalue weighted by Crippen LogP contribution is -2.45. The fourth-order valence-corrected chi connectivity index (χ4v) is 0.377. The second-order valence-electron chi connectivity index (χ2n) is 2.32. The zero-order chi connectivity index (χ0) is 8.36. The Morgan fingerprint density at radius 3 is 2.20 bits per heavy atom. The molecule has 0 unspecified atom stereocenters. The van der Waals surface area contributed by atoms with Crippen molar-refractivity contribution in [2.45, 2.75) is 25.6 Å². The molecule has 0 aliphatic carbocycles. The molecule has 0 spiro atoms. The Hall–Kier alpha value is -0.610. The van der Waals surface area contributed by atoms with Crippen LogP contribution in [0, 0.1) is 0 Å². The van der Waals surface area contributed by atoms with Gasteiger partial charge in [-0.1, -0.05) is 0 Å². The molecule has 4 nitrogen and oxygen atoms in total. The number of aliphatic hydroxyl groups is 2.